The van der Waals surface area contributed by atoms with Crippen LogP contribution >= 0.6 is 23.2 Å². The van der Waals surface area contributed by atoms with E-state index in [4.69, 9.17) is 27.9 Å². The highest BCUT2D eigenvalue weighted by atomic mass is 35.5. The Bertz CT molecular complexity index is 649. The lowest BCUT2D eigenvalue weighted by Crippen LogP contribution is -1.94. The molecule has 2 aromatic carbocycles. The lowest BCUT2D eigenvalue weighted by atomic mass is 10.3. The zero-order valence-corrected chi connectivity index (χ0v) is 10.8. The Hall–Kier alpha value is -1.85. The maximum Gasteiger partial charge on any atom is 0.314 e. The van der Waals surface area contributed by atoms with Crippen LogP contribution in [0.3, 0.4) is 0 Å². The fourth-order valence-electron chi connectivity index (χ4n) is 1.40. The van der Waals surface area contributed by atoms with E-state index in [1.54, 1.807) is 0 Å². The molecule has 0 atom stereocenters. The molecule has 0 unspecified atom stereocenters. The molecule has 2 rings (SSSR count). The summed E-state index contributed by atoms with van der Waals surface area (Å²) in [6.07, 6.45) is 0. The van der Waals surface area contributed by atoms with Crippen LogP contribution in [0.4, 0.5) is 10.1 Å². The first-order chi connectivity index (χ1) is 8.97. The van der Waals surface area contributed by atoms with Gasteiger partial charge in [-0.3, -0.25) is 10.1 Å². The second-order valence-electron chi connectivity index (χ2n) is 3.55. The number of hydrogen-bond acceptors (Lipinski definition) is 3. The molecule has 0 aliphatic rings. The third-order valence-electron chi connectivity index (χ3n) is 2.23. The van der Waals surface area contributed by atoms with Crippen molar-refractivity contribution in [2.75, 3.05) is 0 Å². The van der Waals surface area contributed by atoms with Gasteiger partial charge in [-0.05, 0) is 30.3 Å². The van der Waals surface area contributed by atoms with Gasteiger partial charge < -0.3 is 4.74 Å². The van der Waals surface area contributed by atoms with Gasteiger partial charge in [-0.2, -0.15) is 0 Å². The van der Waals surface area contributed by atoms with Crippen LogP contribution < -0.4 is 4.74 Å². The van der Waals surface area contributed by atoms with Gasteiger partial charge in [0.2, 0.25) is 5.75 Å². The average molecular weight is 302 g/mol. The van der Waals surface area contributed by atoms with E-state index >= 15 is 0 Å². The number of ether oxygens (including phenoxy) is 1. The van der Waals surface area contributed by atoms with E-state index in [0.717, 1.165) is 12.1 Å². The number of nitrogens with zero attached hydrogens (tertiary/aromatic N) is 1. The largest absolute Gasteiger partial charge is 0.449 e. The van der Waals surface area contributed by atoms with Crippen LogP contribution in [-0.4, -0.2) is 4.92 Å². The lowest BCUT2D eigenvalue weighted by molar-refractivity contribution is -0.385. The molecule has 2 aromatic rings. The highest BCUT2D eigenvalue weighted by molar-refractivity contribution is 6.35. The van der Waals surface area contributed by atoms with Crippen LogP contribution in [0, 0.1) is 15.9 Å². The summed E-state index contributed by atoms with van der Waals surface area (Å²) in [7, 11) is 0. The third-order valence-corrected chi connectivity index (χ3v) is 2.76. The molecule has 0 aliphatic heterocycles. The summed E-state index contributed by atoms with van der Waals surface area (Å²) in [5.41, 5.74) is -0.481. The van der Waals surface area contributed by atoms with Crippen LogP contribution in [-0.2, 0) is 0 Å². The van der Waals surface area contributed by atoms with Crippen molar-refractivity contribution in [3.05, 3.63) is 62.4 Å². The molecule has 0 saturated heterocycles. The molecule has 4 nitrogen and oxygen atoms in total. The molecule has 0 bridgehead atoms. The molecule has 0 fully saturated rings. The minimum absolute atomic E-state index is 0.101. The Morgan fingerprint density at radius 3 is 2.42 bits per heavy atom. The van der Waals surface area contributed by atoms with Crippen LogP contribution in [0.25, 0.3) is 0 Å². The number of rotatable bonds is 3. The van der Waals surface area contributed by atoms with Crippen molar-refractivity contribution in [1.82, 2.24) is 0 Å². The molecule has 7 heteroatoms. The zero-order valence-electron chi connectivity index (χ0n) is 9.27. The molecular formula is C12H6Cl2FNO3. The van der Waals surface area contributed by atoms with Crippen LogP contribution in [0.2, 0.25) is 10.0 Å². The van der Waals surface area contributed by atoms with Gasteiger partial charge in [-0.1, -0.05) is 23.2 Å². The van der Waals surface area contributed by atoms with Crippen molar-refractivity contribution in [3.63, 3.8) is 0 Å². The van der Waals surface area contributed by atoms with Gasteiger partial charge in [0.15, 0.2) is 0 Å². The molecule has 0 saturated carbocycles. The minimum atomic E-state index is -0.734. The first kappa shape index (κ1) is 13.6. The van der Waals surface area contributed by atoms with E-state index in [1.807, 2.05) is 0 Å². The second-order valence-corrected chi connectivity index (χ2v) is 4.39. The topological polar surface area (TPSA) is 52.4 Å². The Morgan fingerprint density at radius 2 is 1.79 bits per heavy atom. The van der Waals surface area contributed by atoms with E-state index in [2.05, 4.69) is 0 Å². The summed E-state index contributed by atoms with van der Waals surface area (Å²) in [5.74, 6) is -0.627. The first-order valence-corrected chi connectivity index (χ1v) is 5.80. The normalized spacial score (nSPS) is 10.3. The highest BCUT2D eigenvalue weighted by Crippen LogP contribution is 2.36. The molecule has 19 heavy (non-hydrogen) atoms. The predicted octanol–water partition coefficient (Wildman–Crippen LogP) is 4.83. The monoisotopic (exact) mass is 301 g/mol. The summed E-state index contributed by atoms with van der Waals surface area (Å²) in [4.78, 5) is 10.1. The average Bonchev–Trinajstić information content (AvgIpc) is 2.34. The summed E-state index contributed by atoms with van der Waals surface area (Å²) in [6.45, 7) is 0. The van der Waals surface area contributed by atoms with E-state index in [9.17, 15) is 14.5 Å². The molecule has 0 aromatic heterocycles. The minimum Gasteiger partial charge on any atom is -0.449 e. The Balaban J connectivity index is 2.40. The molecular weight excluding hydrogens is 296 g/mol. The van der Waals surface area contributed by atoms with Gasteiger partial charge >= 0.3 is 5.69 Å². The quantitative estimate of drug-likeness (QED) is 0.602. The molecule has 0 radical (unpaired) electrons. The maximum atomic E-state index is 13.0. The van der Waals surface area contributed by atoms with Crippen LogP contribution in [0.5, 0.6) is 11.5 Å². The van der Waals surface area contributed by atoms with E-state index < -0.39 is 16.4 Å². The fourth-order valence-corrected chi connectivity index (χ4v) is 1.84. The third kappa shape index (κ3) is 3.13. The molecule has 0 N–H and O–H groups in total. The first-order valence-electron chi connectivity index (χ1n) is 5.04. The Labute approximate surface area is 117 Å². The van der Waals surface area contributed by atoms with Crippen molar-refractivity contribution in [1.29, 1.82) is 0 Å². The van der Waals surface area contributed by atoms with Crippen LogP contribution in [0.1, 0.15) is 0 Å². The smallest absolute Gasteiger partial charge is 0.314 e. The Morgan fingerprint density at radius 1 is 1.11 bits per heavy atom. The van der Waals surface area contributed by atoms with Gasteiger partial charge in [-0.25, -0.2) is 4.39 Å². The van der Waals surface area contributed by atoms with Crippen molar-refractivity contribution < 1.29 is 14.1 Å². The van der Waals surface area contributed by atoms with E-state index in [1.165, 1.54) is 24.3 Å². The SMILES string of the molecule is O=[N+]([O-])c1cc(F)ccc1Oc1ccc(Cl)cc1Cl. The van der Waals surface area contributed by atoms with Gasteiger partial charge in [0.1, 0.15) is 11.6 Å². The van der Waals surface area contributed by atoms with Crippen molar-refractivity contribution in [2.24, 2.45) is 0 Å². The fraction of sp³-hybridized carbons (Fsp3) is 0. The summed E-state index contributed by atoms with van der Waals surface area (Å²) in [6, 6.07) is 7.44. The summed E-state index contributed by atoms with van der Waals surface area (Å²) in [5, 5.41) is 11.4. The standard InChI is InChI=1S/C12H6Cl2FNO3/c13-7-1-3-11(9(14)5-7)19-12-4-2-8(15)6-10(12)16(17)18/h1-6H. The summed E-state index contributed by atoms with van der Waals surface area (Å²) >= 11 is 11.6. The van der Waals surface area contributed by atoms with Gasteiger partial charge in [0.05, 0.1) is 16.0 Å². The van der Waals surface area contributed by atoms with Crippen molar-refractivity contribution in [2.45, 2.75) is 0 Å². The molecule has 0 heterocycles. The maximum absolute atomic E-state index is 13.0. The number of halogens is 3. The van der Waals surface area contributed by atoms with Crippen molar-refractivity contribution in [3.8, 4) is 11.5 Å². The highest BCUT2D eigenvalue weighted by Gasteiger charge is 2.18. The molecule has 0 spiro atoms. The number of benzene rings is 2. The predicted molar refractivity (Wildman–Crippen MR) is 69.6 cm³/mol. The second kappa shape index (κ2) is 5.42. The number of hydrogen-bond donors (Lipinski definition) is 0. The Kier molecular flexibility index (Phi) is 3.87. The van der Waals surface area contributed by atoms with Gasteiger partial charge in [-0.15, -0.1) is 0 Å². The van der Waals surface area contributed by atoms with Gasteiger partial charge in [0.25, 0.3) is 0 Å². The van der Waals surface area contributed by atoms with Crippen molar-refractivity contribution >= 4 is 28.9 Å². The van der Waals surface area contributed by atoms with Crippen LogP contribution in [0.15, 0.2) is 36.4 Å². The number of nitro benzene ring substituents is 1. The number of nitro groups is 1. The van der Waals surface area contributed by atoms with Gasteiger partial charge in [0, 0.05) is 5.02 Å². The molecule has 0 amide bonds. The van der Waals surface area contributed by atoms with E-state index in [0.29, 0.717) is 5.02 Å². The lowest BCUT2D eigenvalue weighted by Gasteiger charge is -2.08. The summed E-state index contributed by atoms with van der Waals surface area (Å²) < 4.78 is 18.3. The van der Waals surface area contributed by atoms with E-state index in [-0.39, 0.29) is 16.5 Å². The molecule has 0 aliphatic carbocycles. The zero-order chi connectivity index (χ0) is 14.0. The molecule has 98 valence electrons.